The number of halogens is 1. The fourth-order valence-corrected chi connectivity index (χ4v) is 3.89. The Hall–Kier alpha value is -2.23. The first-order valence-electron chi connectivity index (χ1n) is 8.89. The Labute approximate surface area is 169 Å². The van der Waals surface area contributed by atoms with E-state index in [0.717, 1.165) is 38.5 Å². The molecule has 10 heteroatoms. The molecule has 1 amide bonds. The van der Waals surface area contributed by atoms with Gasteiger partial charge in [-0.25, -0.2) is 18.5 Å². The van der Waals surface area contributed by atoms with E-state index in [2.05, 4.69) is 20.2 Å². The third-order valence-corrected chi connectivity index (χ3v) is 6.14. The van der Waals surface area contributed by atoms with E-state index in [0.29, 0.717) is 27.7 Å². The van der Waals surface area contributed by atoms with Crippen LogP contribution in [0.25, 0.3) is 0 Å². The summed E-state index contributed by atoms with van der Waals surface area (Å²) in [7, 11) is -3.93. The van der Waals surface area contributed by atoms with Crippen LogP contribution in [0.5, 0.6) is 0 Å². The molecule has 0 radical (unpaired) electrons. The normalized spacial score (nSPS) is 14.8. The number of amides is 1. The Bertz CT molecular complexity index is 1020. The Morgan fingerprint density at radius 3 is 2.54 bits per heavy atom. The van der Waals surface area contributed by atoms with Crippen molar-refractivity contribution in [3.05, 3.63) is 40.3 Å². The minimum absolute atomic E-state index is 0.182. The maximum Gasteiger partial charge on any atom is 0.259 e. The number of piperidine rings is 1. The summed E-state index contributed by atoms with van der Waals surface area (Å²) in [5, 5.41) is 8.26. The van der Waals surface area contributed by atoms with Gasteiger partial charge in [0.05, 0.1) is 28.2 Å². The minimum atomic E-state index is -3.93. The van der Waals surface area contributed by atoms with Crippen LogP contribution in [0.15, 0.2) is 23.4 Å². The van der Waals surface area contributed by atoms with E-state index in [1.54, 1.807) is 6.92 Å². The van der Waals surface area contributed by atoms with Gasteiger partial charge in [-0.1, -0.05) is 11.6 Å². The molecule has 28 heavy (non-hydrogen) atoms. The molecule has 1 saturated heterocycles. The number of sulfonamides is 1. The second-order valence-electron chi connectivity index (χ2n) is 6.79. The number of aryl methyl sites for hydroxylation is 1. The van der Waals surface area contributed by atoms with E-state index in [-0.39, 0.29) is 10.6 Å². The van der Waals surface area contributed by atoms with Gasteiger partial charge in [0.15, 0.2) is 0 Å². The van der Waals surface area contributed by atoms with Gasteiger partial charge in [0.2, 0.25) is 10.0 Å². The van der Waals surface area contributed by atoms with E-state index in [1.165, 1.54) is 12.3 Å². The summed E-state index contributed by atoms with van der Waals surface area (Å²) >= 11 is 6.36. The van der Waals surface area contributed by atoms with Crippen molar-refractivity contribution in [2.75, 3.05) is 23.3 Å². The lowest BCUT2D eigenvalue weighted by atomic mass is 10.1. The number of primary sulfonamides is 1. The number of pyridine rings is 2. The van der Waals surface area contributed by atoms with Crippen LogP contribution in [0.4, 0.5) is 11.5 Å². The van der Waals surface area contributed by atoms with Gasteiger partial charge in [0, 0.05) is 19.3 Å². The van der Waals surface area contributed by atoms with Crippen LogP contribution in [-0.4, -0.2) is 37.4 Å². The van der Waals surface area contributed by atoms with Gasteiger partial charge in [-0.05, 0) is 44.7 Å². The van der Waals surface area contributed by atoms with Crippen molar-refractivity contribution < 1.29 is 13.2 Å². The summed E-state index contributed by atoms with van der Waals surface area (Å²) in [5.41, 5.74) is 1.88. The zero-order chi connectivity index (χ0) is 20.5. The van der Waals surface area contributed by atoms with Crippen molar-refractivity contribution in [2.24, 2.45) is 5.14 Å². The molecule has 3 N–H and O–H groups in total. The first-order chi connectivity index (χ1) is 13.2. The molecular weight excluding hydrogens is 402 g/mol. The zero-order valence-corrected chi connectivity index (χ0v) is 17.3. The largest absolute Gasteiger partial charge is 0.356 e. The molecule has 0 aromatic carbocycles. The summed E-state index contributed by atoms with van der Waals surface area (Å²) in [4.78, 5) is 23.4. The standard InChI is InChI=1S/C18H22ClN5O3S/c1-11-15(17(22-12(2)16(11)19)24-6-4-3-5-7-24)18(25)23-13-8-14(10-21-9-13)28(20,26)27/h8-10H,3-7H2,1-2H3,(H,23,25)(H2,20,26,27). The van der Waals surface area contributed by atoms with E-state index in [1.807, 2.05) is 6.92 Å². The number of nitrogens with two attached hydrogens (primary N) is 1. The molecule has 0 aliphatic carbocycles. The average Bonchev–Trinajstić information content (AvgIpc) is 2.66. The highest BCUT2D eigenvalue weighted by atomic mass is 35.5. The van der Waals surface area contributed by atoms with Gasteiger partial charge >= 0.3 is 0 Å². The molecular formula is C18H22ClN5O3S. The van der Waals surface area contributed by atoms with Crippen LogP contribution in [0.1, 0.15) is 40.9 Å². The fourth-order valence-electron chi connectivity index (χ4n) is 3.26. The highest BCUT2D eigenvalue weighted by Gasteiger charge is 2.25. The Morgan fingerprint density at radius 1 is 1.21 bits per heavy atom. The SMILES string of the molecule is Cc1nc(N2CCCCC2)c(C(=O)Nc2cncc(S(N)(=O)=O)c2)c(C)c1Cl. The molecule has 3 heterocycles. The highest BCUT2D eigenvalue weighted by molar-refractivity contribution is 7.89. The molecule has 2 aromatic heterocycles. The lowest BCUT2D eigenvalue weighted by molar-refractivity contribution is 0.102. The van der Waals surface area contributed by atoms with Crippen molar-refractivity contribution in [1.82, 2.24) is 9.97 Å². The predicted octanol–water partition coefficient (Wildman–Crippen LogP) is 2.64. The van der Waals surface area contributed by atoms with E-state index in [9.17, 15) is 13.2 Å². The second-order valence-corrected chi connectivity index (χ2v) is 8.73. The number of rotatable bonds is 4. The monoisotopic (exact) mass is 423 g/mol. The van der Waals surface area contributed by atoms with Gasteiger partial charge in [-0.15, -0.1) is 0 Å². The summed E-state index contributed by atoms with van der Waals surface area (Å²) in [6, 6.07) is 1.26. The number of nitrogens with one attached hydrogen (secondary N) is 1. The molecule has 0 atom stereocenters. The lowest BCUT2D eigenvalue weighted by Gasteiger charge is -2.30. The van der Waals surface area contributed by atoms with Gasteiger partial charge < -0.3 is 10.2 Å². The minimum Gasteiger partial charge on any atom is -0.356 e. The number of hydrogen-bond acceptors (Lipinski definition) is 6. The third kappa shape index (κ3) is 4.26. The second kappa shape index (κ2) is 8.02. The van der Waals surface area contributed by atoms with E-state index >= 15 is 0 Å². The van der Waals surface area contributed by atoms with Crippen LogP contribution in [0.2, 0.25) is 5.02 Å². The van der Waals surface area contributed by atoms with Crippen LogP contribution >= 0.6 is 11.6 Å². The fraction of sp³-hybridized carbons (Fsp3) is 0.389. The molecule has 0 unspecified atom stereocenters. The molecule has 1 fully saturated rings. The molecule has 0 spiro atoms. The first-order valence-corrected chi connectivity index (χ1v) is 10.8. The smallest absolute Gasteiger partial charge is 0.259 e. The molecule has 2 aromatic rings. The topological polar surface area (TPSA) is 118 Å². The number of aromatic nitrogens is 2. The van der Waals surface area contributed by atoms with Crippen molar-refractivity contribution in [3.8, 4) is 0 Å². The van der Waals surface area contributed by atoms with Crippen LogP contribution in [-0.2, 0) is 10.0 Å². The summed E-state index contributed by atoms with van der Waals surface area (Å²) in [5.74, 6) is 0.160. The molecule has 0 saturated carbocycles. The Morgan fingerprint density at radius 2 is 1.89 bits per heavy atom. The summed E-state index contributed by atoms with van der Waals surface area (Å²) in [6.45, 7) is 5.22. The van der Waals surface area contributed by atoms with Gasteiger partial charge in [-0.2, -0.15) is 0 Å². The molecule has 150 valence electrons. The third-order valence-electron chi connectivity index (χ3n) is 4.70. The van der Waals surface area contributed by atoms with Crippen molar-refractivity contribution in [3.63, 3.8) is 0 Å². The molecule has 0 bridgehead atoms. The lowest BCUT2D eigenvalue weighted by Crippen LogP contribution is -2.33. The van der Waals surface area contributed by atoms with Crippen LogP contribution in [0, 0.1) is 13.8 Å². The number of carbonyl (C=O) groups excluding carboxylic acids is 1. The molecule has 1 aliphatic heterocycles. The number of nitrogens with zero attached hydrogens (tertiary/aromatic N) is 3. The van der Waals surface area contributed by atoms with Crippen molar-refractivity contribution in [1.29, 1.82) is 0 Å². The Balaban J connectivity index is 2.00. The van der Waals surface area contributed by atoms with Gasteiger partial charge in [0.1, 0.15) is 10.7 Å². The van der Waals surface area contributed by atoms with Crippen molar-refractivity contribution >= 4 is 39.0 Å². The van der Waals surface area contributed by atoms with Crippen LogP contribution < -0.4 is 15.4 Å². The number of hydrogen-bond donors (Lipinski definition) is 2. The molecule has 3 rings (SSSR count). The average molecular weight is 424 g/mol. The zero-order valence-electron chi connectivity index (χ0n) is 15.7. The van der Waals surface area contributed by atoms with Crippen molar-refractivity contribution in [2.45, 2.75) is 38.0 Å². The predicted molar refractivity (Wildman–Crippen MR) is 108 cm³/mol. The molecule has 1 aliphatic rings. The maximum absolute atomic E-state index is 13.1. The van der Waals surface area contributed by atoms with Gasteiger partial charge in [-0.3, -0.25) is 9.78 Å². The highest BCUT2D eigenvalue weighted by Crippen LogP contribution is 2.31. The van der Waals surface area contributed by atoms with Gasteiger partial charge in [0.25, 0.3) is 5.91 Å². The number of carbonyl (C=O) groups is 1. The summed E-state index contributed by atoms with van der Waals surface area (Å²) < 4.78 is 23.1. The number of anilines is 2. The quantitative estimate of drug-likeness (QED) is 0.780. The molecule has 8 nitrogen and oxygen atoms in total. The van der Waals surface area contributed by atoms with Crippen LogP contribution in [0.3, 0.4) is 0 Å². The van der Waals surface area contributed by atoms with E-state index in [4.69, 9.17) is 16.7 Å². The summed E-state index contributed by atoms with van der Waals surface area (Å²) in [6.07, 6.45) is 5.69. The van der Waals surface area contributed by atoms with E-state index < -0.39 is 15.9 Å². The maximum atomic E-state index is 13.1. The first kappa shape index (κ1) is 20.5. The Kier molecular flexibility index (Phi) is 5.87.